The van der Waals surface area contributed by atoms with E-state index in [0.717, 1.165) is 44.7 Å². The average Bonchev–Trinajstić information content (AvgIpc) is 2.60. The first-order chi connectivity index (χ1) is 11.2. The van der Waals surface area contributed by atoms with Crippen molar-refractivity contribution in [2.24, 2.45) is 0 Å². The summed E-state index contributed by atoms with van der Waals surface area (Å²) in [5.74, 6) is 0. The molecular formula is C20H27N3. The molecular weight excluding hydrogens is 282 g/mol. The lowest BCUT2D eigenvalue weighted by atomic mass is 9.99. The maximum absolute atomic E-state index is 5.78. The minimum atomic E-state index is 0.835. The van der Waals surface area contributed by atoms with Crippen LogP contribution in [-0.2, 0) is 12.8 Å². The monoisotopic (exact) mass is 309 g/mol. The number of hydrogen-bond donors (Lipinski definition) is 1. The quantitative estimate of drug-likeness (QED) is 0.854. The summed E-state index contributed by atoms with van der Waals surface area (Å²) in [6.07, 6.45) is 2.13. The maximum atomic E-state index is 5.78. The molecule has 0 amide bonds. The number of para-hydroxylation sites is 1. The molecule has 3 nitrogen and oxygen atoms in total. The second-order valence-corrected chi connectivity index (χ2v) is 6.19. The zero-order chi connectivity index (χ0) is 16.2. The Morgan fingerprint density at radius 2 is 1.57 bits per heavy atom. The summed E-state index contributed by atoms with van der Waals surface area (Å²) in [7, 11) is 0. The largest absolute Gasteiger partial charge is 0.399 e. The van der Waals surface area contributed by atoms with Gasteiger partial charge in [0.1, 0.15) is 0 Å². The van der Waals surface area contributed by atoms with Crippen LogP contribution in [0.25, 0.3) is 0 Å². The molecule has 0 saturated carbocycles. The van der Waals surface area contributed by atoms with Crippen molar-refractivity contribution in [1.82, 2.24) is 0 Å². The fourth-order valence-corrected chi connectivity index (χ4v) is 3.48. The number of hydrogen-bond acceptors (Lipinski definition) is 3. The molecule has 0 bridgehead atoms. The van der Waals surface area contributed by atoms with Gasteiger partial charge in [-0.3, -0.25) is 0 Å². The summed E-state index contributed by atoms with van der Waals surface area (Å²) in [5, 5.41) is 0. The molecule has 3 rings (SSSR count). The smallest absolute Gasteiger partial charge is 0.0637 e. The highest BCUT2D eigenvalue weighted by Gasteiger charge is 2.22. The van der Waals surface area contributed by atoms with Gasteiger partial charge in [0, 0.05) is 31.9 Å². The van der Waals surface area contributed by atoms with Crippen LogP contribution >= 0.6 is 0 Å². The lowest BCUT2D eigenvalue weighted by Crippen LogP contribution is -2.41. The number of likely N-dealkylation sites (N-methyl/N-ethyl adjacent to an activating group) is 2. The number of nitrogens with two attached hydrogens (primary N) is 1. The van der Waals surface area contributed by atoms with Crippen LogP contribution < -0.4 is 15.5 Å². The Morgan fingerprint density at radius 3 is 2.26 bits per heavy atom. The SMILES string of the molecule is CCN1CCN(CC)c2c(CCc3ccc(N)cc3)cccc21. The van der Waals surface area contributed by atoms with Gasteiger partial charge in [-0.25, -0.2) is 0 Å². The third-order valence-corrected chi connectivity index (χ3v) is 4.82. The number of anilines is 3. The molecule has 1 aliphatic rings. The van der Waals surface area contributed by atoms with E-state index in [1.54, 1.807) is 0 Å². The molecule has 2 N–H and O–H groups in total. The van der Waals surface area contributed by atoms with Gasteiger partial charge >= 0.3 is 0 Å². The molecule has 0 aliphatic carbocycles. The minimum Gasteiger partial charge on any atom is -0.399 e. The van der Waals surface area contributed by atoms with E-state index < -0.39 is 0 Å². The number of rotatable bonds is 5. The molecule has 1 aliphatic heterocycles. The molecule has 0 spiro atoms. The van der Waals surface area contributed by atoms with E-state index in [1.807, 2.05) is 12.1 Å². The van der Waals surface area contributed by atoms with Crippen LogP contribution in [0.1, 0.15) is 25.0 Å². The van der Waals surface area contributed by atoms with Crippen molar-refractivity contribution in [1.29, 1.82) is 0 Å². The summed E-state index contributed by atoms with van der Waals surface area (Å²) in [4.78, 5) is 5.02. The second kappa shape index (κ2) is 6.95. The third kappa shape index (κ3) is 3.29. The lowest BCUT2D eigenvalue weighted by molar-refractivity contribution is 0.716. The summed E-state index contributed by atoms with van der Waals surface area (Å²) in [5.41, 5.74) is 12.3. The van der Waals surface area contributed by atoms with E-state index in [0.29, 0.717) is 0 Å². The van der Waals surface area contributed by atoms with Crippen LogP contribution in [0, 0.1) is 0 Å². The van der Waals surface area contributed by atoms with E-state index >= 15 is 0 Å². The molecule has 2 aromatic rings. The molecule has 122 valence electrons. The van der Waals surface area contributed by atoms with Crippen LogP contribution in [0.2, 0.25) is 0 Å². The molecule has 23 heavy (non-hydrogen) atoms. The number of aryl methyl sites for hydroxylation is 2. The molecule has 2 aromatic carbocycles. The van der Waals surface area contributed by atoms with E-state index in [-0.39, 0.29) is 0 Å². The molecule has 0 atom stereocenters. The predicted molar refractivity (Wildman–Crippen MR) is 100 cm³/mol. The summed E-state index contributed by atoms with van der Waals surface area (Å²) < 4.78 is 0. The van der Waals surface area contributed by atoms with Crippen molar-refractivity contribution >= 4 is 17.1 Å². The van der Waals surface area contributed by atoms with E-state index in [1.165, 1.54) is 22.5 Å². The van der Waals surface area contributed by atoms with Crippen LogP contribution in [0.3, 0.4) is 0 Å². The first-order valence-electron chi connectivity index (χ1n) is 8.69. The van der Waals surface area contributed by atoms with Crippen molar-refractivity contribution in [3.8, 4) is 0 Å². The fourth-order valence-electron chi connectivity index (χ4n) is 3.48. The van der Waals surface area contributed by atoms with Crippen molar-refractivity contribution < 1.29 is 0 Å². The highest BCUT2D eigenvalue weighted by molar-refractivity contribution is 5.77. The molecule has 1 heterocycles. The summed E-state index contributed by atoms with van der Waals surface area (Å²) in [6, 6.07) is 15.0. The zero-order valence-electron chi connectivity index (χ0n) is 14.3. The topological polar surface area (TPSA) is 32.5 Å². The van der Waals surface area contributed by atoms with Crippen molar-refractivity contribution in [3.05, 3.63) is 53.6 Å². The molecule has 0 saturated heterocycles. The second-order valence-electron chi connectivity index (χ2n) is 6.19. The van der Waals surface area contributed by atoms with Crippen LogP contribution in [0.15, 0.2) is 42.5 Å². The molecule has 0 radical (unpaired) electrons. The Kier molecular flexibility index (Phi) is 4.75. The first kappa shape index (κ1) is 15.7. The first-order valence-corrected chi connectivity index (χ1v) is 8.69. The van der Waals surface area contributed by atoms with Gasteiger partial charge in [0.2, 0.25) is 0 Å². The Bertz CT molecular complexity index is 648. The Balaban J connectivity index is 1.86. The van der Waals surface area contributed by atoms with Gasteiger partial charge in [0.15, 0.2) is 0 Å². The van der Waals surface area contributed by atoms with E-state index in [2.05, 4.69) is 54.0 Å². The number of fused-ring (bicyclic) bond motifs is 1. The minimum absolute atomic E-state index is 0.835. The number of benzene rings is 2. The Labute approximate surface area is 139 Å². The van der Waals surface area contributed by atoms with E-state index in [4.69, 9.17) is 5.73 Å². The van der Waals surface area contributed by atoms with Gasteiger partial charge in [-0.1, -0.05) is 24.3 Å². The average molecular weight is 309 g/mol. The molecule has 0 unspecified atom stereocenters. The van der Waals surface area contributed by atoms with Crippen LogP contribution in [-0.4, -0.2) is 26.2 Å². The third-order valence-electron chi connectivity index (χ3n) is 4.82. The predicted octanol–water partition coefficient (Wildman–Crippen LogP) is 3.72. The van der Waals surface area contributed by atoms with Gasteiger partial charge in [-0.2, -0.15) is 0 Å². The van der Waals surface area contributed by atoms with Gasteiger partial charge in [0.05, 0.1) is 11.4 Å². The number of nitrogen functional groups attached to an aromatic ring is 1. The molecule has 0 aromatic heterocycles. The maximum Gasteiger partial charge on any atom is 0.0637 e. The van der Waals surface area contributed by atoms with Gasteiger partial charge in [-0.05, 0) is 56.0 Å². The van der Waals surface area contributed by atoms with Crippen LogP contribution in [0.4, 0.5) is 17.1 Å². The summed E-state index contributed by atoms with van der Waals surface area (Å²) >= 11 is 0. The van der Waals surface area contributed by atoms with Gasteiger partial charge in [-0.15, -0.1) is 0 Å². The molecule has 0 fully saturated rings. The standard InChI is InChI=1S/C20H27N3/c1-3-22-14-15-23(4-2)20-17(6-5-7-19(20)22)11-8-16-9-12-18(21)13-10-16/h5-7,9-10,12-13H,3-4,8,11,14-15,21H2,1-2H3. The van der Waals surface area contributed by atoms with Crippen molar-refractivity contribution in [3.63, 3.8) is 0 Å². The van der Waals surface area contributed by atoms with Gasteiger partial charge in [0.25, 0.3) is 0 Å². The van der Waals surface area contributed by atoms with E-state index in [9.17, 15) is 0 Å². The Hall–Kier alpha value is -2.16. The fraction of sp³-hybridized carbons (Fsp3) is 0.400. The Morgan fingerprint density at radius 1 is 0.870 bits per heavy atom. The van der Waals surface area contributed by atoms with Crippen molar-refractivity contribution in [2.45, 2.75) is 26.7 Å². The van der Waals surface area contributed by atoms with Crippen LogP contribution in [0.5, 0.6) is 0 Å². The molecule has 3 heteroatoms. The highest BCUT2D eigenvalue weighted by Crippen LogP contribution is 2.36. The zero-order valence-corrected chi connectivity index (χ0v) is 14.3. The lowest BCUT2D eigenvalue weighted by Gasteiger charge is -2.39. The van der Waals surface area contributed by atoms with Crippen molar-refractivity contribution in [2.75, 3.05) is 41.7 Å². The summed E-state index contributed by atoms with van der Waals surface area (Å²) in [6.45, 7) is 8.89. The highest BCUT2D eigenvalue weighted by atomic mass is 15.3. The normalized spacial score (nSPS) is 14.0. The van der Waals surface area contributed by atoms with Gasteiger partial charge < -0.3 is 15.5 Å². The number of nitrogens with zero attached hydrogens (tertiary/aromatic N) is 2.